The summed E-state index contributed by atoms with van der Waals surface area (Å²) in [6, 6.07) is 8.13. The number of hydrogen-bond donors (Lipinski definition) is 2. The number of benzene rings is 1. The molecule has 6 nitrogen and oxygen atoms in total. The highest BCUT2D eigenvalue weighted by Gasteiger charge is 2.42. The molecule has 1 atom stereocenters. The second-order valence-corrected chi connectivity index (χ2v) is 9.17. The van der Waals surface area contributed by atoms with Crippen molar-refractivity contribution in [1.29, 1.82) is 0 Å². The molecule has 31 heavy (non-hydrogen) atoms. The Morgan fingerprint density at radius 3 is 2.84 bits per heavy atom. The van der Waals surface area contributed by atoms with E-state index >= 15 is 0 Å². The molecule has 1 unspecified atom stereocenters. The van der Waals surface area contributed by atoms with Crippen molar-refractivity contribution >= 4 is 41.5 Å². The van der Waals surface area contributed by atoms with Gasteiger partial charge in [-0.15, -0.1) is 24.0 Å². The topological polar surface area (TPSA) is 66.0 Å². The van der Waals surface area contributed by atoms with E-state index in [0.29, 0.717) is 12.0 Å². The van der Waals surface area contributed by atoms with Crippen LogP contribution in [0.3, 0.4) is 0 Å². The van der Waals surface area contributed by atoms with Gasteiger partial charge in [0.1, 0.15) is 0 Å². The van der Waals surface area contributed by atoms with Crippen LogP contribution in [0.4, 0.5) is 5.69 Å². The zero-order chi connectivity index (χ0) is 20.8. The average Bonchev–Trinajstić information content (AvgIpc) is 3.42. The molecule has 3 fully saturated rings. The first-order chi connectivity index (χ1) is 14.7. The van der Waals surface area contributed by atoms with E-state index in [9.17, 15) is 4.79 Å². The van der Waals surface area contributed by atoms with Crippen LogP contribution in [-0.4, -0.2) is 49.6 Å². The van der Waals surface area contributed by atoms with Crippen molar-refractivity contribution in [3.05, 3.63) is 29.8 Å². The second-order valence-electron chi connectivity index (χ2n) is 9.17. The SMILES string of the molecule is CCNC(=NCc1cccc(NC(=O)C2CCCCC2)c1)N1CCC2(CCOC2)C1.I. The molecule has 2 N–H and O–H groups in total. The van der Waals surface area contributed by atoms with E-state index < -0.39 is 0 Å². The number of guanidine groups is 1. The van der Waals surface area contributed by atoms with Crippen LogP contribution in [0, 0.1) is 11.3 Å². The molecule has 1 aromatic carbocycles. The zero-order valence-corrected chi connectivity index (χ0v) is 21.0. The van der Waals surface area contributed by atoms with Crippen LogP contribution in [0.15, 0.2) is 29.3 Å². The molecule has 1 amide bonds. The summed E-state index contributed by atoms with van der Waals surface area (Å²) >= 11 is 0. The van der Waals surface area contributed by atoms with Crippen LogP contribution in [0.1, 0.15) is 57.4 Å². The van der Waals surface area contributed by atoms with Gasteiger partial charge in [-0.25, -0.2) is 4.99 Å². The second kappa shape index (κ2) is 11.5. The van der Waals surface area contributed by atoms with E-state index in [1.807, 2.05) is 12.1 Å². The van der Waals surface area contributed by atoms with Crippen LogP contribution in [-0.2, 0) is 16.1 Å². The van der Waals surface area contributed by atoms with Crippen molar-refractivity contribution in [1.82, 2.24) is 10.2 Å². The van der Waals surface area contributed by atoms with Gasteiger partial charge >= 0.3 is 0 Å². The van der Waals surface area contributed by atoms with E-state index in [0.717, 1.165) is 69.3 Å². The molecule has 2 heterocycles. The number of rotatable bonds is 5. The summed E-state index contributed by atoms with van der Waals surface area (Å²) < 4.78 is 5.67. The molecule has 1 saturated carbocycles. The van der Waals surface area contributed by atoms with E-state index in [4.69, 9.17) is 9.73 Å². The lowest BCUT2D eigenvalue weighted by molar-refractivity contribution is -0.120. The number of nitrogens with one attached hydrogen (secondary N) is 2. The van der Waals surface area contributed by atoms with Crippen molar-refractivity contribution in [3.8, 4) is 0 Å². The Morgan fingerprint density at radius 1 is 1.26 bits per heavy atom. The van der Waals surface area contributed by atoms with Crippen molar-refractivity contribution in [2.45, 2.75) is 58.4 Å². The monoisotopic (exact) mass is 540 g/mol. The molecule has 1 aliphatic carbocycles. The maximum absolute atomic E-state index is 12.6. The molecule has 1 aromatic rings. The summed E-state index contributed by atoms with van der Waals surface area (Å²) in [7, 11) is 0. The van der Waals surface area contributed by atoms with E-state index in [1.165, 1.54) is 25.7 Å². The fourth-order valence-electron chi connectivity index (χ4n) is 5.04. The zero-order valence-electron chi connectivity index (χ0n) is 18.7. The molecule has 2 aliphatic heterocycles. The van der Waals surface area contributed by atoms with Crippen molar-refractivity contribution in [2.75, 3.05) is 38.2 Å². The number of hydrogen-bond acceptors (Lipinski definition) is 3. The summed E-state index contributed by atoms with van der Waals surface area (Å²) in [6.45, 7) is 7.41. The van der Waals surface area contributed by atoms with Gasteiger partial charge in [0.15, 0.2) is 5.96 Å². The van der Waals surface area contributed by atoms with Crippen molar-refractivity contribution in [2.24, 2.45) is 16.3 Å². The highest BCUT2D eigenvalue weighted by atomic mass is 127. The molecule has 1 spiro atoms. The fourth-order valence-corrected chi connectivity index (χ4v) is 5.04. The fraction of sp³-hybridized carbons (Fsp3) is 0.667. The van der Waals surface area contributed by atoms with Crippen molar-refractivity contribution in [3.63, 3.8) is 0 Å². The summed E-state index contributed by atoms with van der Waals surface area (Å²) in [6.07, 6.45) is 7.98. The molecule has 172 valence electrons. The number of anilines is 1. The molecule has 3 aliphatic rings. The van der Waals surface area contributed by atoms with E-state index in [-0.39, 0.29) is 35.8 Å². The molecule has 0 aromatic heterocycles. The van der Waals surface area contributed by atoms with Gasteiger partial charge in [-0.1, -0.05) is 31.4 Å². The minimum absolute atomic E-state index is 0. The number of ether oxygens (including phenoxy) is 1. The molecule has 0 radical (unpaired) electrons. The minimum Gasteiger partial charge on any atom is -0.381 e. The lowest BCUT2D eigenvalue weighted by Crippen LogP contribution is -2.41. The number of likely N-dealkylation sites (tertiary alicyclic amines) is 1. The van der Waals surface area contributed by atoms with E-state index in [1.54, 1.807) is 0 Å². The summed E-state index contributed by atoms with van der Waals surface area (Å²) in [4.78, 5) is 19.9. The van der Waals surface area contributed by atoms with Gasteiger partial charge in [-0.2, -0.15) is 0 Å². The van der Waals surface area contributed by atoms with Crippen LogP contribution in [0.25, 0.3) is 0 Å². The number of carbonyl (C=O) groups is 1. The van der Waals surface area contributed by atoms with Crippen LogP contribution >= 0.6 is 24.0 Å². The van der Waals surface area contributed by atoms with Gasteiger partial charge in [-0.3, -0.25) is 4.79 Å². The molecular weight excluding hydrogens is 503 g/mol. The number of nitrogens with zero attached hydrogens (tertiary/aromatic N) is 2. The van der Waals surface area contributed by atoms with Crippen LogP contribution < -0.4 is 10.6 Å². The summed E-state index contributed by atoms with van der Waals surface area (Å²) in [5, 5.41) is 6.58. The Morgan fingerprint density at radius 2 is 2.10 bits per heavy atom. The first-order valence-electron chi connectivity index (χ1n) is 11.7. The average molecular weight is 540 g/mol. The van der Waals surface area contributed by atoms with E-state index in [2.05, 4.69) is 34.6 Å². The first-order valence-corrected chi connectivity index (χ1v) is 11.7. The Balaban J connectivity index is 0.00000272. The maximum Gasteiger partial charge on any atom is 0.227 e. The molecule has 0 bridgehead atoms. The lowest BCUT2D eigenvalue weighted by Gasteiger charge is -2.25. The summed E-state index contributed by atoms with van der Waals surface area (Å²) in [5.41, 5.74) is 2.32. The third-order valence-corrected chi connectivity index (χ3v) is 6.84. The van der Waals surface area contributed by atoms with Crippen LogP contribution in [0.5, 0.6) is 0 Å². The highest BCUT2D eigenvalue weighted by Crippen LogP contribution is 2.38. The Bertz CT molecular complexity index is 758. The largest absolute Gasteiger partial charge is 0.381 e. The van der Waals surface area contributed by atoms with Gasteiger partial charge < -0.3 is 20.3 Å². The molecule has 4 rings (SSSR count). The van der Waals surface area contributed by atoms with Gasteiger partial charge in [0.2, 0.25) is 5.91 Å². The third kappa shape index (κ3) is 6.34. The predicted octanol–water partition coefficient (Wildman–Crippen LogP) is 4.40. The Hall–Kier alpha value is -1.35. The van der Waals surface area contributed by atoms with Crippen LogP contribution in [0.2, 0.25) is 0 Å². The van der Waals surface area contributed by atoms with Gasteiger partial charge in [0.05, 0.1) is 13.2 Å². The van der Waals surface area contributed by atoms with Gasteiger partial charge in [0, 0.05) is 43.3 Å². The highest BCUT2D eigenvalue weighted by molar-refractivity contribution is 14.0. The van der Waals surface area contributed by atoms with Gasteiger partial charge in [0.25, 0.3) is 0 Å². The normalized spacial score (nSPS) is 24.3. The number of amides is 1. The number of aliphatic imine (C=N–C) groups is 1. The number of halogens is 1. The van der Waals surface area contributed by atoms with Crippen molar-refractivity contribution < 1.29 is 9.53 Å². The quantitative estimate of drug-likeness (QED) is 0.330. The Labute approximate surface area is 203 Å². The smallest absolute Gasteiger partial charge is 0.227 e. The standard InChI is InChI=1S/C24H36N4O2.HI/c1-2-25-23(28-13-11-24(17-28)12-14-30-18-24)26-16-19-7-6-10-21(15-19)27-22(29)20-8-4-3-5-9-20;/h6-7,10,15,20H,2-5,8-9,11-14,16-18H2,1H3,(H,25,26)(H,27,29);1H. The van der Waals surface area contributed by atoms with Gasteiger partial charge in [-0.05, 0) is 50.3 Å². The first kappa shape index (κ1) is 24.3. The molecule has 2 saturated heterocycles. The minimum atomic E-state index is 0. The molecular formula is C24H37IN4O2. The molecule has 7 heteroatoms. The predicted molar refractivity (Wildman–Crippen MR) is 136 cm³/mol. The number of carbonyl (C=O) groups excluding carboxylic acids is 1. The lowest BCUT2D eigenvalue weighted by atomic mass is 9.87. The Kier molecular flexibility index (Phi) is 9.01. The third-order valence-electron chi connectivity index (χ3n) is 6.84. The summed E-state index contributed by atoms with van der Waals surface area (Å²) in [5.74, 6) is 1.32. The maximum atomic E-state index is 12.6.